The fourth-order valence-corrected chi connectivity index (χ4v) is 6.66. The number of ether oxygens (including phenoxy) is 8. The highest BCUT2D eigenvalue weighted by atomic mass is 16.7. The fraction of sp³-hybridized carbons (Fsp3) is 0.611. The third-order valence-electron chi connectivity index (χ3n) is 9.89. The maximum absolute atomic E-state index is 11.7. The van der Waals surface area contributed by atoms with Crippen molar-refractivity contribution in [3.05, 3.63) is 47.5 Å². The Labute approximate surface area is 312 Å². The number of nitrogens with zero attached hydrogens (tertiary/aromatic N) is 2. The minimum atomic E-state index is -1.43. The van der Waals surface area contributed by atoms with E-state index in [9.17, 15) is 35.7 Å². The predicted octanol–water partition coefficient (Wildman–Crippen LogP) is -0.966. The average molecular weight is 766 g/mol. The summed E-state index contributed by atoms with van der Waals surface area (Å²) in [5, 5.41) is 73.2. The number of nitrogens with two attached hydrogens (primary N) is 1. The van der Waals surface area contributed by atoms with Gasteiger partial charge in [0.15, 0.2) is 41.9 Å². The van der Waals surface area contributed by atoms with Gasteiger partial charge in [0.2, 0.25) is 0 Å². The predicted molar refractivity (Wildman–Crippen MR) is 190 cm³/mol. The number of aliphatic imine (C=N–C) groups is 2. The largest absolute Gasteiger partial charge is 0.504 e. The molecule has 3 fully saturated rings. The number of aliphatic hydroxyl groups is 5. The van der Waals surface area contributed by atoms with Crippen molar-refractivity contribution < 1.29 is 73.6 Å². The summed E-state index contributed by atoms with van der Waals surface area (Å²) in [7, 11) is 4.18. The number of methoxy groups -OCH3 is 3. The normalized spacial score (nSPS) is 36.1. The Hall–Kier alpha value is -3.50. The molecule has 2 aromatic carbocycles. The Bertz CT molecular complexity index is 1570. The van der Waals surface area contributed by atoms with Crippen LogP contribution in [0.1, 0.15) is 24.5 Å². The standard InChI is InChI=1S/C36H51N3O15/c1-17-26(14-40)51-35(29(37)31(17)45)50-25-11-20(38-12-18-5-7-21(43)23(9-18)47-2)34(52-27(25)15-41)54-33-28(16-42)53-36(49-4)30(32(33)46)39-13-19-6-8-22(44)24(10-19)48-3/h5-10,12-13,17,20,25-36,40-46H,11,14-16,37H2,1-4H3. The van der Waals surface area contributed by atoms with Gasteiger partial charge < -0.3 is 79.4 Å². The number of phenolic OH excluding ortho intramolecular Hbond substituents is 2. The topological polar surface area (TPSA) is 266 Å². The van der Waals surface area contributed by atoms with Gasteiger partial charge in [-0.15, -0.1) is 0 Å². The number of phenols is 2. The van der Waals surface area contributed by atoms with Crippen LogP contribution in [0.25, 0.3) is 0 Å². The molecule has 3 saturated heterocycles. The van der Waals surface area contributed by atoms with Gasteiger partial charge in [-0.25, -0.2) is 0 Å². The van der Waals surface area contributed by atoms with Gasteiger partial charge >= 0.3 is 0 Å². The van der Waals surface area contributed by atoms with E-state index >= 15 is 0 Å². The van der Waals surface area contributed by atoms with Gasteiger partial charge in [0.1, 0.15) is 36.5 Å². The molecule has 300 valence electrons. The van der Waals surface area contributed by atoms with E-state index in [4.69, 9.17) is 48.6 Å². The molecule has 5 rings (SSSR count). The number of aromatic hydroxyl groups is 2. The van der Waals surface area contributed by atoms with E-state index in [0.717, 1.165) is 0 Å². The summed E-state index contributed by atoms with van der Waals surface area (Å²) >= 11 is 0. The van der Waals surface area contributed by atoms with E-state index in [2.05, 4.69) is 4.99 Å². The van der Waals surface area contributed by atoms with Crippen LogP contribution in [0, 0.1) is 5.92 Å². The minimum Gasteiger partial charge on any atom is -0.504 e. The first-order chi connectivity index (χ1) is 26.0. The summed E-state index contributed by atoms with van der Waals surface area (Å²) < 4.78 is 46.6. The lowest BCUT2D eigenvalue weighted by Crippen LogP contribution is -2.63. The second-order valence-electron chi connectivity index (χ2n) is 13.3. The molecule has 0 aromatic heterocycles. The Morgan fingerprint density at radius 1 is 0.741 bits per heavy atom. The third kappa shape index (κ3) is 9.30. The molecular weight excluding hydrogens is 714 g/mol. The first-order valence-electron chi connectivity index (χ1n) is 17.5. The number of benzene rings is 2. The molecule has 2 aromatic rings. The first-order valence-corrected chi connectivity index (χ1v) is 17.5. The lowest BCUT2D eigenvalue weighted by atomic mass is 9.90. The van der Waals surface area contributed by atoms with Crippen LogP contribution in [-0.2, 0) is 28.4 Å². The van der Waals surface area contributed by atoms with Gasteiger partial charge in [0.25, 0.3) is 0 Å². The van der Waals surface area contributed by atoms with Crippen molar-refractivity contribution in [2.24, 2.45) is 21.6 Å². The molecule has 0 bridgehead atoms. The van der Waals surface area contributed by atoms with Crippen LogP contribution >= 0.6 is 0 Å². The number of hydrogen-bond donors (Lipinski definition) is 8. The van der Waals surface area contributed by atoms with Crippen LogP contribution in [0.5, 0.6) is 23.0 Å². The molecule has 14 atom stereocenters. The molecule has 14 unspecified atom stereocenters. The Balaban J connectivity index is 1.43. The Morgan fingerprint density at radius 3 is 1.85 bits per heavy atom. The Kier molecular flexibility index (Phi) is 14.6. The number of rotatable bonds is 14. The van der Waals surface area contributed by atoms with Crippen molar-refractivity contribution >= 4 is 12.4 Å². The summed E-state index contributed by atoms with van der Waals surface area (Å²) in [6.07, 6.45) is -8.15. The van der Waals surface area contributed by atoms with Crippen LogP contribution in [0.4, 0.5) is 0 Å². The van der Waals surface area contributed by atoms with Crippen molar-refractivity contribution in [1.82, 2.24) is 0 Å². The highest BCUT2D eigenvalue weighted by Gasteiger charge is 2.50. The smallest absolute Gasteiger partial charge is 0.182 e. The zero-order valence-corrected chi connectivity index (χ0v) is 30.4. The molecule has 0 spiro atoms. The Morgan fingerprint density at radius 2 is 1.30 bits per heavy atom. The van der Waals surface area contributed by atoms with Gasteiger partial charge in [-0.2, -0.15) is 0 Å². The van der Waals surface area contributed by atoms with E-state index in [1.54, 1.807) is 31.2 Å². The number of aliphatic hydroxyl groups excluding tert-OH is 5. The molecule has 9 N–H and O–H groups in total. The summed E-state index contributed by atoms with van der Waals surface area (Å²) in [6, 6.07) is 6.23. The highest BCUT2D eigenvalue weighted by molar-refractivity contribution is 5.81. The zero-order valence-electron chi connectivity index (χ0n) is 30.4. The van der Waals surface area contributed by atoms with Crippen LogP contribution in [-0.4, -0.2) is 169 Å². The maximum atomic E-state index is 11.7. The minimum absolute atomic E-state index is 0.0437. The van der Waals surface area contributed by atoms with Crippen LogP contribution in [0.3, 0.4) is 0 Å². The lowest BCUT2D eigenvalue weighted by Gasteiger charge is -2.47. The molecule has 3 aliphatic rings. The van der Waals surface area contributed by atoms with E-state index in [-0.39, 0.29) is 36.0 Å². The van der Waals surface area contributed by atoms with Crippen molar-refractivity contribution in [3.63, 3.8) is 0 Å². The van der Waals surface area contributed by atoms with E-state index in [1.165, 1.54) is 45.9 Å². The molecular formula is C36H51N3O15. The SMILES string of the molecule is COc1cc(C=NC2CC(OC3OC(CO)C(C)C(O)C3N)C(CO)OC2OC2C(CO)OC(OC)C(N=Cc3ccc(O)c(OC)c3)C2O)ccc1O. The lowest BCUT2D eigenvalue weighted by molar-refractivity contribution is -0.332. The van der Waals surface area contributed by atoms with Gasteiger partial charge in [-0.05, 0) is 47.5 Å². The third-order valence-corrected chi connectivity index (χ3v) is 9.89. The molecule has 0 radical (unpaired) electrons. The molecule has 0 aliphatic carbocycles. The van der Waals surface area contributed by atoms with Crippen molar-refractivity contribution in [3.8, 4) is 23.0 Å². The summed E-state index contributed by atoms with van der Waals surface area (Å²) in [6.45, 7) is 0.178. The number of hydrogen-bond acceptors (Lipinski definition) is 18. The molecule has 18 nitrogen and oxygen atoms in total. The monoisotopic (exact) mass is 765 g/mol. The van der Waals surface area contributed by atoms with Crippen LogP contribution < -0.4 is 15.2 Å². The highest BCUT2D eigenvalue weighted by Crippen LogP contribution is 2.35. The van der Waals surface area contributed by atoms with Crippen LogP contribution in [0.15, 0.2) is 46.4 Å². The van der Waals surface area contributed by atoms with Gasteiger partial charge in [0, 0.05) is 31.9 Å². The van der Waals surface area contributed by atoms with E-state index in [1.807, 2.05) is 0 Å². The van der Waals surface area contributed by atoms with Crippen molar-refractivity contribution in [2.75, 3.05) is 41.2 Å². The second-order valence-corrected chi connectivity index (χ2v) is 13.3. The molecule has 3 aliphatic heterocycles. The van der Waals surface area contributed by atoms with Gasteiger partial charge in [0.05, 0.1) is 58.4 Å². The van der Waals surface area contributed by atoms with Crippen molar-refractivity contribution in [2.45, 2.75) is 93.1 Å². The second kappa shape index (κ2) is 18.9. The van der Waals surface area contributed by atoms with Gasteiger partial charge in [-0.3, -0.25) is 9.98 Å². The molecule has 18 heteroatoms. The summed E-state index contributed by atoms with van der Waals surface area (Å²) in [4.78, 5) is 9.22. The van der Waals surface area contributed by atoms with Gasteiger partial charge in [-0.1, -0.05) is 6.92 Å². The van der Waals surface area contributed by atoms with E-state index in [0.29, 0.717) is 11.1 Å². The van der Waals surface area contributed by atoms with Crippen molar-refractivity contribution in [1.29, 1.82) is 0 Å². The molecule has 0 saturated carbocycles. The maximum Gasteiger partial charge on any atom is 0.182 e. The molecule has 54 heavy (non-hydrogen) atoms. The molecule has 0 amide bonds. The zero-order chi connectivity index (χ0) is 39.1. The molecule has 3 heterocycles. The average Bonchev–Trinajstić information content (AvgIpc) is 3.18. The summed E-state index contributed by atoms with van der Waals surface area (Å²) in [5.74, 6) is -0.190. The van der Waals surface area contributed by atoms with Crippen LogP contribution in [0.2, 0.25) is 0 Å². The quantitative estimate of drug-likeness (QED) is 0.108. The van der Waals surface area contributed by atoms with E-state index < -0.39 is 98.9 Å². The fourth-order valence-electron chi connectivity index (χ4n) is 6.66. The first kappa shape index (κ1) is 41.7. The summed E-state index contributed by atoms with van der Waals surface area (Å²) in [5.41, 5.74) is 7.36.